The van der Waals surface area contributed by atoms with E-state index in [0.29, 0.717) is 0 Å². The summed E-state index contributed by atoms with van der Waals surface area (Å²) in [6.45, 7) is 12.9. The first-order chi connectivity index (χ1) is 64.9. The topological polar surface area (TPSA) is 9.72 Å². The number of anilines is 9. The van der Waals surface area contributed by atoms with Crippen molar-refractivity contribution in [1.29, 1.82) is 0 Å². The standard InChI is InChI=1S/C129H93N3/c1-82-31-58-94(59-32-82)130(95-60-33-83(2)34-61-95)100-70-49-88(50-71-100)43-46-91-55-76-109-118(79-91)127(112-25-13-7-19-103(112)104-20-8-14-26-113(104)127)124-121(109)125-123(111-78-57-93(81-120(111)128(125)114-27-15-9-21-105(114)106-22-10-16-28-115(106)128)48-45-90-53-74-102(75-54-90)132(98-66-39-86(5)40-67-98)99-68-41-87(6)42-69-99)126-122(124)110-77-56-92(80-119(110)129(126)116-29-17-11-23-107(116)108-24-12-18-30-117(108)129)47-44-89-51-72-101(73-52-89)131(96-62-35-84(3)36-63-96)97-64-37-85(4)38-65-97/h7-81H,1-6H3. The lowest BCUT2D eigenvalue weighted by molar-refractivity contribution is 0.764. The molecule has 0 saturated heterocycles. The van der Waals surface area contributed by atoms with Gasteiger partial charge in [0.05, 0.1) is 16.2 Å². The van der Waals surface area contributed by atoms with Gasteiger partial charge in [0.1, 0.15) is 0 Å². The molecule has 3 heteroatoms. The molecule has 25 rings (SSSR count). The van der Waals surface area contributed by atoms with Gasteiger partial charge in [-0.2, -0.15) is 0 Å². The van der Waals surface area contributed by atoms with E-state index in [1.54, 1.807) is 0 Å². The molecule has 0 aromatic heterocycles. The predicted octanol–water partition coefficient (Wildman–Crippen LogP) is 33.5. The van der Waals surface area contributed by atoms with Crippen molar-refractivity contribution >= 4 is 87.6 Å². The zero-order chi connectivity index (χ0) is 88.2. The van der Waals surface area contributed by atoms with Gasteiger partial charge < -0.3 is 14.7 Å². The minimum Gasteiger partial charge on any atom is -0.311 e. The third kappa shape index (κ3) is 11.8. The van der Waals surface area contributed by atoms with Gasteiger partial charge in [0.25, 0.3) is 0 Å². The summed E-state index contributed by atoms with van der Waals surface area (Å²) in [4.78, 5) is 7.08. The molecule has 0 atom stereocenters. The summed E-state index contributed by atoms with van der Waals surface area (Å²) in [7, 11) is 0. The van der Waals surface area contributed by atoms with E-state index in [9.17, 15) is 0 Å². The maximum atomic E-state index is 2.60. The highest BCUT2D eigenvalue weighted by Gasteiger charge is 2.65. The van der Waals surface area contributed by atoms with E-state index in [1.165, 1.54) is 167 Å². The third-order valence-electron chi connectivity index (χ3n) is 29.2. The molecule has 19 aromatic rings. The molecule has 6 aliphatic rings. The minimum atomic E-state index is -0.855. The lowest BCUT2D eigenvalue weighted by Gasteiger charge is -2.37. The van der Waals surface area contributed by atoms with Crippen molar-refractivity contribution in [3.05, 3.63) is 552 Å². The van der Waals surface area contributed by atoms with Gasteiger partial charge in [0.15, 0.2) is 0 Å². The number of benzene rings is 19. The Bertz CT molecular complexity index is 6950. The van der Waals surface area contributed by atoms with E-state index in [0.717, 1.165) is 84.6 Å². The fourth-order valence-electron chi connectivity index (χ4n) is 23.3. The largest absolute Gasteiger partial charge is 0.311 e. The number of aryl methyl sites for hydroxylation is 6. The smallest absolute Gasteiger partial charge is 0.0731 e. The molecule has 0 amide bonds. The molecule has 0 aliphatic heterocycles. The van der Waals surface area contributed by atoms with E-state index in [-0.39, 0.29) is 0 Å². The van der Waals surface area contributed by atoms with E-state index >= 15 is 0 Å². The number of nitrogens with zero attached hydrogens (tertiary/aromatic N) is 3. The molecule has 0 saturated carbocycles. The predicted molar refractivity (Wildman–Crippen MR) is 554 cm³/mol. The Hall–Kier alpha value is -16.2. The second-order valence-electron chi connectivity index (χ2n) is 37.0. The van der Waals surface area contributed by atoms with Crippen molar-refractivity contribution in [1.82, 2.24) is 0 Å². The first kappa shape index (κ1) is 78.1. The Balaban J connectivity index is 0.735. The van der Waals surface area contributed by atoms with Crippen LogP contribution in [0.4, 0.5) is 51.2 Å². The van der Waals surface area contributed by atoms with Gasteiger partial charge >= 0.3 is 0 Å². The van der Waals surface area contributed by atoms with Crippen LogP contribution in [0.2, 0.25) is 0 Å². The lowest BCUT2D eigenvalue weighted by atomic mass is 9.63. The fraction of sp³-hybridized carbons (Fsp3) is 0.0698. The molecule has 19 aromatic carbocycles. The van der Waals surface area contributed by atoms with Gasteiger partial charge in [0.2, 0.25) is 0 Å². The maximum Gasteiger partial charge on any atom is 0.0731 e. The Kier molecular flexibility index (Phi) is 18.0. The van der Waals surface area contributed by atoms with Crippen molar-refractivity contribution in [2.24, 2.45) is 0 Å². The van der Waals surface area contributed by atoms with Crippen LogP contribution in [0.1, 0.15) is 134 Å². The van der Waals surface area contributed by atoms with Crippen molar-refractivity contribution in [2.45, 2.75) is 57.8 Å². The van der Waals surface area contributed by atoms with Crippen LogP contribution in [0.15, 0.2) is 419 Å². The first-order valence-electron chi connectivity index (χ1n) is 46.3. The van der Waals surface area contributed by atoms with Crippen LogP contribution >= 0.6 is 0 Å². The highest BCUT2D eigenvalue weighted by Crippen LogP contribution is 2.77. The van der Waals surface area contributed by atoms with Crippen LogP contribution < -0.4 is 14.7 Å². The van der Waals surface area contributed by atoms with Crippen LogP contribution in [-0.4, -0.2) is 0 Å². The molecule has 0 N–H and O–H groups in total. The number of hydrogen-bond acceptors (Lipinski definition) is 3. The van der Waals surface area contributed by atoms with Gasteiger partial charge in [-0.05, 0) is 336 Å². The zero-order valence-electron chi connectivity index (χ0n) is 74.6. The summed E-state index contributed by atoms with van der Waals surface area (Å²) < 4.78 is 0. The highest BCUT2D eigenvalue weighted by atomic mass is 15.2. The fourth-order valence-corrected chi connectivity index (χ4v) is 23.3. The number of fused-ring (bicyclic) bond motifs is 33. The summed E-state index contributed by atoms with van der Waals surface area (Å²) in [5.41, 5.74) is 52.6. The SMILES string of the molecule is Cc1ccc(N(c2ccc(C)cc2)c2ccc(C=Cc3ccc4c(c3)C3(c5ccccc5-c5ccccc53)c3c-4c4c(c5c3-c3ccc(C=Cc6ccc(N(c7ccc(C)cc7)c7ccc(C)cc7)cc6)cc3C53c5ccccc5-c5ccccc53)-c3ccc(C=Cc5ccc(N(c6ccc(C)cc6)c6ccc(C)cc6)cc5)cc3C43c4ccccc4-c4ccccc43)cc2)cc1. The first-order valence-corrected chi connectivity index (χ1v) is 46.3. The lowest BCUT2D eigenvalue weighted by Crippen LogP contribution is -2.31. The molecule has 0 radical (unpaired) electrons. The second kappa shape index (κ2) is 30.5. The van der Waals surface area contributed by atoms with E-state index in [4.69, 9.17) is 0 Å². The molecule has 0 heterocycles. The number of rotatable bonds is 15. The Morgan fingerprint density at radius 3 is 0.500 bits per heavy atom. The zero-order valence-corrected chi connectivity index (χ0v) is 74.6. The monoisotopic (exact) mass is 1680 g/mol. The van der Waals surface area contributed by atoms with Gasteiger partial charge in [-0.3, -0.25) is 0 Å². The third-order valence-corrected chi connectivity index (χ3v) is 29.2. The average molecular weight is 1690 g/mol. The minimum absolute atomic E-state index is 0.855. The Morgan fingerprint density at radius 1 is 0.152 bits per heavy atom. The molecular weight excluding hydrogens is 1590 g/mol. The van der Waals surface area contributed by atoms with Crippen LogP contribution in [0.25, 0.3) is 103 Å². The van der Waals surface area contributed by atoms with E-state index < -0.39 is 16.2 Å². The Morgan fingerprint density at radius 2 is 0.311 bits per heavy atom. The average Bonchev–Trinajstić information content (AvgIpc) is 1.45. The summed E-state index contributed by atoms with van der Waals surface area (Å²) >= 11 is 0. The maximum absolute atomic E-state index is 2.60. The summed E-state index contributed by atoms with van der Waals surface area (Å²) in [5.74, 6) is 0. The summed E-state index contributed by atoms with van der Waals surface area (Å²) in [6, 6.07) is 160. The van der Waals surface area contributed by atoms with Crippen molar-refractivity contribution < 1.29 is 0 Å². The number of hydrogen-bond donors (Lipinski definition) is 0. The van der Waals surface area contributed by atoms with E-state index in [2.05, 4.69) is 511 Å². The van der Waals surface area contributed by atoms with Gasteiger partial charge in [-0.15, -0.1) is 0 Å². The van der Waals surface area contributed by atoms with Crippen molar-refractivity contribution in [2.75, 3.05) is 14.7 Å². The normalized spacial score (nSPS) is 13.8. The quantitative estimate of drug-likeness (QED) is 0.0947. The second-order valence-corrected chi connectivity index (χ2v) is 37.0. The summed E-state index contributed by atoms with van der Waals surface area (Å²) in [5, 5.41) is 0. The molecule has 6 aliphatic carbocycles. The molecule has 0 unspecified atom stereocenters. The van der Waals surface area contributed by atoms with Crippen molar-refractivity contribution in [3.8, 4) is 66.8 Å². The molecule has 132 heavy (non-hydrogen) atoms. The van der Waals surface area contributed by atoms with Gasteiger partial charge in [-0.1, -0.05) is 361 Å². The van der Waals surface area contributed by atoms with Crippen LogP contribution in [0.3, 0.4) is 0 Å². The van der Waals surface area contributed by atoms with Crippen LogP contribution in [-0.2, 0) is 16.2 Å². The molecule has 624 valence electrons. The molecule has 0 bridgehead atoms. The molecule has 3 spiro atoms. The van der Waals surface area contributed by atoms with Crippen LogP contribution in [0.5, 0.6) is 0 Å². The van der Waals surface area contributed by atoms with E-state index in [1.807, 2.05) is 0 Å². The highest BCUT2D eigenvalue weighted by molar-refractivity contribution is 6.14. The summed E-state index contributed by atoms with van der Waals surface area (Å²) in [6.07, 6.45) is 14.1. The Labute approximate surface area is 773 Å². The van der Waals surface area contributed by atoms with Crippen molar-refractivity contribution in [3.63, 3.8) is 0 Å². The molecular formula is C129H93N3. The van der Waals surface area contributed by atoms with Crippen LogP contribution in [0, 0.1) is 41.5 Å². The molecule has 3 nitrogen and oxygen atoms in total. The van der Waals surface area contributed by atoms with Gasteiger partial charge in [-0.25, -0.2) is 0 Å². The van der Waals surface area contributed by atoms with Gasteiger partial charge in [0, 0.05) is 51.2 Å². The molecule has 0 fully saturated rings.